The van der Waals surface area contributed by atoms with E-state index in [4.69, 9.17) is 4.74 Å². The average Bonchev–Trinajstić information content (AvgIpc) is 3.09. The van der Waals surface area contributed by atoms with E-state index < -0.39 is 5.97 Å². The average molecular weight is 381 g/mol. The summed E-state index contributed by atoms with van der Waals surface area (Å²) in [5.74, 6) is -0.913. The van der Waals surface area contributed by atoms with E-state index >= 15 is 0 Å². The van der Waals surface area contributed by atoms with E-state index in [1.165, 1.54) is 11.3 Å². The first-order valence-electron chi connectivity index (χ1n) is 7.10. The van der Waals surface area contributed by atoms with Gasteiger partial charge in [0, 0.05) is 22.1 Å². The van der Waals surface area contributed by atoms with E-state index in [0.717, 1.165) is 46.9 Å². The van der Waals surface area contributed by atoms with Crippen molar-refractivity contribution in [3.63, 3.8) is 0 Å². The van der Waals surface area contributed by atoms with Crippen LogP contribution in [0.15, 0.2) is 22.8 Å². The first kappa shape index (κ1) is 14.2. The van der Waals surface area contributed by atoms with Crippen LogP contribution in [-0.4, -0.2) is 27.5 Å². The summed E-state index contributed by atoms with van der Waals surface area (Å²) in [7, 11) is 0. The monoisotopic (exact) mass is 380 g/mol. The number of benzene rings is 1. The van der Waals surface area contributed by atoms with Crippen LogP contribution in [-0.2, 0) is 4.74 Å². The lowest BCUT2D eigenvalue weighted by Gasteiger charge is -2.23. The van der Waals surface area contributed by atoms with E-state index in [1.54, 1.807) is 0 Å². The lowest BCUT2D eigenvalue weighted by atomic mass is 10.1. The lowest BCUT2D eigenvalue weighted by Crippen LogP contribution is -2.18. The summed E-state index contributed by atoms with van der Waals surface area (Å²) in [5, 5.41) is 15.7. The smallest absolute Gasteiger partial charge is 0.347 e. The van der Waals surface area contributed by atoms with Crippen LogP contribution in [0.25, 0.3) is 21.0 Å². The maximum atomic E-state index is 11.3. The number of ether oxygens (including phenoxy) is 1. The number of rotatable bonds is 2. The van der Waals surface area contributed by atoms with E-state index in [0.29, 0.717) is 9.35 Å². The normalized spacial score (nSPS) is 19.0. The molecule has 114 valence electrons. The van der Waals surface area contributed by atoms with Crippen molar-refractivity contribution < 1.29 is 14.6 Å². The molecule has 1 aliphatic heterocycles. The van der Waals surface area contributed by atoms with E-state index in [2.05, 4.69) is 21.0 Å². The van der Waals surface area contributed by atoms with Gasteiger partial charge in [0.25, 0.3) is 0 Å². The van der Waals surface area contributed by atoms with Crippen molar-refractivity contribution >= 4 is 54.2 Å². The fourth-order valence-electron chi connectivity index (χ4n) is 2.93. The molecule has 2 aromatic heterocycles. The van der Waals surface area contributed by atoms with Gasteiger partial charge in [0.2, 0.25) is 0 Å². The molecular weight excluding hydrogens is 368 g/mol. The molecule has 3 heterocycles. The molecule has 0 aliphatic carbocycles. The molecule has 22 heavy (non-hydrogen) atoms. The molecule has 0 amide bonds. The molecule has 0 saturated carbocycles. The number of aromatic nitrogens is 2. The fourth-order valence-corrected chi connectivity index (χ4v) is 4.84. The topological polar surface area (TPSA) is 64.3 Å². The number of fused-ring (bicyclic) bond motifs is 3. The molecule has 4 rings (SSSR count). The highest BCUT2D eigenvalue weighted by Gasteiger charge is 2.22. The molecule has 0 radical (unpaired) electrons. The number of halogens is 1. The number of carboxylic acid groups (broad SMARTS) is 1. The molecule has 5 nitrogen and oxygen atoms in total. The Kier molecular flexibility index (Phi) is 3.43. The van der Waals surface area contributed by atoms with Crippen molar-refractivity contribution in [1.29, 1.82) is 0 Å². The molecule has 0 spiro atoms. The van der Waals surface area contributed by atoms with Gasteiger partial charge in [-0.3, -0.25) is 0 Å². The van der Waals surface area contributed by atoms with Crippen molar-refractivity contribution in [2.45, 2.75) is 25.5 Å². The van der Waals surface area contributed by atoms with Crippen LogP contribution in [0.2, 0.25) is 0 Å². The highest BCUT2D eigenvalue weighted by molar-refractivity contribution is 9.10. The number of carboxylic acids is 1. The Balaban J connectivity index is 1.92. The summed E-state index contributed by atoms with van der Waals surface area (Å²) in [6, 6.07) is 3.94. The highest BCUT2D eigenvalue weighted by atomic mass is 79.9. The Morgan fingerprint density at radius 2 is 2.27 bits per heavy atom. The minimum Gasteiger partial charge on any atom is -0.477 e. The van der Waals surface area contributed by atoms with Crippen LogP contribution >= 0.6 is 27.3 Å². The molecule has 1 N–H and O–H groups in total. The van der Waals surface area contributed by atoms with Crippen molar-refractivity contribution in [3.05, 3.63) is 27.7 Å². The number of thiophene rings is 1. The molecule has 0 bridgehead atoms. The third kappa shape index (κ3) is 2.07. The first-order valence-corrected chi connectivity index (χ1v) is 8.71. The van der Waals surface area contributed by atoms with Gasteiger partial charge in [-0.15, -0.1) is 11.3 Å². The molecule has 1 aromatic carbocycles. The molecule has 1 saturated heterocycles. The summed E-state index contributed by atoms with van der Waals surface area (Å²) in [6.45, 7) is 0.766. The third-order valence-corrected chi connectivity index (χ3v) is 6.31. The third-order valence-electron chi connectivity index (χ3n) is 3.99. The van der Waals surface area contributed by atoms with Crippen LogP contribution in [0.4, 0.5) is 0 Å². The van der Waals surface area contributed by atoms with Gasteiger partial charge in [-0.1, -0.05) is 6.07 Å². The van der Waals surface area contributed by atoms with Gasteiger partial charge in [-0.05, 0) is 41.3 Å². The van der Waals surface area contributed by atoms with Crippen LogP contribution < -0.4 is 0 Å². The quantitative estimate of drug-likeness (QED) is 0.714. The van der Waals surface area contributed by atoms with Gasteiger partial charge in [0.1, 0.15) is 4.88 Å². The SMILES string of the molecule is O=C(O)c1sc2c(ccc3c2cnn3C2CCCCO2)c1Br. The van der Waals surface area contributed by atoms with Crippen molar-refractivity contribution in [1.82, 2.24) is 9.78 Å². The summed E-state index contributed by atoms with van der Waals surface area (Å²) in [6.07, 6.45) is 4.99. The predicted octanol–water partition coefficient (Wildman–Crippen LogP) is 4.41. The second kappa shape index (κ2) is 5.33. The van der Waals surface area contributed by atoms with Crippen LogP contribution in [0.3, 0.4) is 0 Å². The molecule has 1 unspecified atom stereocenters. The first-order chi connectivity index (χ1) is 10.7. The number of hydrogen-bond donors (Lipinski definition) is 1. The maximum Gasteiger partial charge on any atom is 0.347 e. The van der Waals surface area contributed by atoms with Gasteiger partial charge in [-0.25, -0.2) is 9.48 Å². The summed E-state index contributed by atoms with van der Waals surface area (Å²) in [4.78, 5) is 11.6. The van der Waals surface area contributed by atoms with Crippen molar-refractivity contribution in [2.75, 3.05) is 6.61 Å². The number of carbonyl (C=O) groups is 1. The minimum atomic E-state index is -0.913. The second-order valence-corrected chi connectivity index (χ2v) is 7.15. The maximum absolute atomic E-state index is 11.3. The van der Waals surface area contributed by atoms with Gasteiger partial charge < -0.3 is 9.84 Å². The van der Waals surface area contributed by atoms with Crippen LogP contribution in [0, 0.1) is 0 Å². The molecule has 1 fully saturated rings. The number of aromatic carboxylic acids is 1. The van der Waals surface area contributed by atoms with Crippen molar-refractivity contribution in [3.8, 4) is 0 Å². The number of nitrogens with zero attached hydrogens (tertiary/aromatic N) is 2. The Labute approximate surface area is 138 Å². The van der Waals surface area contributed by atoms with Gasteiger partial charge in [0.05, 0.1) is 16.2 Å². The largest absolute Gasteiger partial charge is 0.477 e. The van der Waals surface area contributed by atoms with E-state index in [-0.39, 0.29) is 6.23 Å². The van der Waals surface area contributed by atoms with Gasteiger partial charge in [0.15, 0.2) is 6.23 Å². The Morgan fingerprint density at radius 3 is 3.00 bits per heavy atom. The highest BCUT2D eigenvalue weighted by Crippen LogP contribution is 2.40. The fraction of sp³-hybridized carbons (Fsp3) is 0.333. The Hall–Kier alpha value is -1.44. The number of hydrogen-bond acceptors (Lipinski definition) is 4. The van der Waals surface area contributed by atoms with Gasteiger partial charge >= 0.3 is 5.97 Å². The van der Waals surface area contributed by atoms with Crippen LogP contribution in [0.1, 0.15) is 35.2 Å². The second-order valence-electron chi connectivity index (χ2n) is 5.34. The Bertz CT molecular complexity index is 880. The molecule has 1 aliphatic rings. The predicted molar refractivity (Wildman–Crippen MR) is 88.6 cm³/mol. The molecule has 3 aromatic rings. The lowest BCUT2D eigenvalue weighted by molar-refractivity contribution is -0.0366. The van der Waals surface area contributed by atoms with E-state index in [9.17, 15) is 9.90 Å². The molecule has 7 heteroatoms. The summed E-state index contributed by atoms with van der Waals surface area (Å²) in [5.41, 5.74) is 0.991. The molecular formula is C15H13BrN2O3S. The minimum absolute atomic E-state index is 0.0222. The summed E-state index contributed by atoms with van der Waals surface area (Å²) >= 11 is 4.68. The van der Waals surface area contributed by atoms with Crippen LogP contribution in [0.5, 0.6) is 0 Å². The van der Waals surface area contributed by atoms with Gasteiger partial charge in [-0.2, -0.15) is 5.10 Å². The Morgan fingerprint density at radius 1 is 1.41 bits per heavy atom. The zero-order valence-electron chi connectivity index (χ0n) is 11.6. The summed E-state index contributed by atoms with van der Waals surface area (Å²) < 4.78 is 9.32. The zero-order valence-corrected chi connectivity index (χ0v) is 14.0. The van der Waals surface area contributed by atoms with E-state index in [1.807, 2.05) is 23.0 Å². The van der Waals surface area contributed by atoms with Crippen molar-refractivity contribution in [2.24, 2.45) is 0 Å². The molecule has 1 atom stereocenters. The standard InChI is InChI=1S/C15H13BrN2O3S/c16-12-8-4-5-10-9(13(8)22-14(12)15(19)20)7-17-18(10)11-3-1-2-6-21-11/h4-5,7,11H,1-3,6H2,(H,19,20). The zero-order chi connectivity index (χ0) is 15.3.